The number of rotatable bonds is 14. The number of hydroxylamine groups is 2. The van der Waals surface area contributed by atoms with E-state index in [4.69, 9.17) is 15.3 Å². The summed E-state index contributed by atoms with van der Waals surface area (Å²) in [5.74, 6) is 1.78. The second-order valence-electron chi connectivity index (χ2n) is 16.1. The summed E-state index contributed by atoms with van der Waals surface area (Å²) in [6, 6.07) is 18.4. The van der Waals surface area contributed by atoms with Crippen LogP contribution in [-0.4, -0.2) is 73.1 Å². The molecular weight excluding hydrogens is 638 g/mol. The Labute approximate surface area is 304 Å². The lowest BCUT2D eigenvalue weighted by atomic mass is 9.45. The molecule has 0 radical (unpaired) electrons. The molecule has 1 saturated heterocycles. The molecule has 1 aliphatic heterocycles. The lowest BCUT2D eigenvalue weighted by molar-refractivity contribution is -0.175. The van der Waals surface area contributed by atoms with Crippen LogP contribution in [0.5, 0.6) is 5.75 Å². The molecule has 3 saturated carbocycles. The highest BCUT2D eigenvalue weighted by Crippen LogP contribution is 2.61. The number of para-hydroxylation sites is 1. The van der Waals surface area contributed by atoms with Gasteiger partial charge in [0.15, 0.2) is 0 Å². The van der Waals surface area contributed by atoms with Crippen LogP contribution in [0.2, 0.25) is 0 Å². The number of unbranched alkanes of at least 4 members (excludes halogenated alkanes) is 1. The number of amides is 1. The van der Waals surface area contributed by atoms with E-state index in [1.54, 1.807) is 19.1 Å². The number of ether oxygens (including phenoxy) is 1. The molecule has 9 heteroatoms. The zero-order valence-electron chi connectivity index (χ0n) is 31.6. The number of methoxy groups -OCH3 is 1. The first-order valence-electron chi connectivity index (χ1n) is 18.9. The molecule has 4 N–H and O–H groups in total. The number of hydrogen-bond donors (Lipinski definition) is 3. The Kier molecular flexibility index (Phi) is 11.4. The predicted octanol–water partition coefficient (Wildman–Crippen LogP) is 6.02. The number of aliphatic hydroxyl groups is 1. The summed E-state index contributed by atoms with van der Waals surface area (Å²) in [7, 11) is 5.83. The van der Waals surface area contributed by atoms with E-state index < -0.39 is 24.2 Å². The van der Waals surface area contributed by atoms with Gasteiger partial charge in [0.25, 0.3) is 0 Å². The summed E-state index contributed by atoms with van der Waals surface area (Å²) in [6.07, 6.45) is 6.88. The molecule has 1 amide bonds. The highest BCUT2D eigenvalue weighted by Gasteiger charge is 2.57. The summed E-state index contributed by atoms with van der Waals surface area (Å²) < 4.78 is 6.15. The maximum Gasteiger partial charge on any atom is 0.240 e. The van der Waals surface area contributed by atoms with Crippen molar-refractivity contribution in [3.63, 3.8) is 0 Å². The Morgan fingerprint density at radius 1 is 1.14 bits per heavy atom. The third kappa shape index (κ3) is 7.68. The normalized spacial score (nSPS) is 27.4. The van der Waals surface area contributed by atoms with E-state index in [1.807, 2.05) is 30.5 Å². The largest absolute Gasteiger partial charge is 0.496 e. The minimum atomic E-state index is -0.778. The molecule has 8 atom stereocenters. The Hall–Kier alpha value is -3.50. The van der Waals surface area contributed by atoms with Gasteiger partial charge < -0.3 is 25.8 Å². The van der Waals surface area contributed by atoms with Gasteiger partial charge >= 0.3 is 0 Å². The quantitative estimate of drug-likeness (QED) is 0.176. The third-order valence-electron chi connectivity index (χ3n) is 12.4. The molecular formula is C42H59N5O4. The SMILES string of the molecule is COc1c(CN2O[C@@H](CN)[C@@H]([C@H](C)O)[C@H]2C(=O)N[C@H]2C[C@@H]3C[C@@H]([C@@H]2C)C3(C)C)cccc1-c1cc(CCCCc2ccccn2)cc(N(C)C)c1. The van der Waals surface area contributed by atoms with E-state index in [9.17, 15) is 9.90 Å². The number of carbonyl (C=O) groups is 1. The van der Waals surface area contributed by atoms with Gasteiger partial charge in [0.2, 0.25) is 5.91 Å². The number of benzene rings is 2. The van der Waals surface area contributed by atoms with Crippen LogP contribution in [0.15, 0.2) is 60.8 Å². The summed E-state index contributed by atoms with van der Waals surface area (Å²) in [5.41, 5.74) is 13.0. The van der Waals surface area contributed by atoms with Crippen LogP contribution in [-0.2, 0) is 29.0 Å². The molecule has 9 nitrogen and oxygen atoms in total. The zero-order chi connectivity index (χ0) is 36.4. The van der Waals surface area contributed by atoms with Crippen molar-refractivity contribution in [3.8, 4) is 16.9 Å². The number of aromatic nitrogens is 1. The van der Waals surface area contributed by atoms with E-state index in [0.29, 0.717) is 29.7 Å². The van der Waals surface area contributed by atoms with Gasteiger partial charge in [-0.15, -0.1) is 0 Å². The Morgan fingerprint density at radius 2 is 1.92 bits per heavy atom. The van der Waals surface area contributed by atoms with Crippen LogP contribution >= 0.6 is 0 Å². The number of fused-ring (bicyclic) bond motifs is 2. The number of nitrogens with zero attached hydrogens (tertiary/aromatic N) is 3. The third-order valence-corrected chi connectivity index (χ3v) is 12.4. The van der Waals surface area contributed by atoms with Gasteiger partial charge in [-0.1, -0.05) is 51.1 Å². The van der Waals surface area contributed by atoms with Crippen LogP contribution in [0.25, 0.3) is 11.1 Å². The van der Waals surface area contributed by atoms with Crippen LogP contribution in [0.3, 0.4) is 0 Å². The first-order chi connectivity index (χ1) is 24.4. The van der Waals surface area contributed by atoms with Crippen molar-refractivity contribution in [1.29, 1.82) is 0 Å². The van der Waals surface area contributed by atoms with E-state index in [1.165, 1.54) is 12.0 Å². The topological polar surface area (TPSA) is 113 Å². The molecule has 2 heterocycles. The molecule has 0 unspecified atom stereocenters. The fraction of sp³-hybridized carbons (Fsp3) is 0.571. The van der Waals surface area contributed by atoms with Gasteiger partial charge in [-0.05, 0) is 104 Å². The molecule has 2 bridgehead atoms. The maximum atomic E-state index is 14.3. The van der Waals surface area contributed by atoms with Crippen molar-refractivity contribution in [1.82, 2.24) is 15.4 Å². The van der Waals surface area contributed by atoms with Gasteiger partial charge in [0, 0.05) is 61.3 Å². The average Bonchev–Trinajstić information content (AvgIpc) is 3.49. The second-order valence-corrected chi connectivity index (χ2v) is 16.1. The fourth-order valence-corrected chi connectivity index (χ4v) is 9.29. The Bertz CT molecular complexity index is 1650. The number of hydrogen-bond acceptors (Lipinski definition) is 8. The standard InChI is InChI=1S/C42H59N5O4/c1-26-35-22-31(42(35,3)4)23-36(26)45-41(49)39-38(27(2)48)37(24-43)51-47(39)25-29-14-12-17-34(40(29)50-7)30-19-28(20-33(21-30)46(5)6)13-8-9-15-32-16-10-11-18-44-32/h10-12,14,16-21,26-27,31,35-39,48H,8-9,13,15,22-25,43H2,1-7H3,(H,45,49)/t26-,27-,31-,35-,36-,37-,38+,39-/m0/s1. The Morgan fingerprint density at radius 3 is 2.57 bits per heavy atom. The van der Waals surface area contributed by atoms with E-state index in [2.05, 4.69) is 80.4 Å². The fourth-order valence-electron chi connectivity index (χ4n) is 9.29. The van der Waals surface area contributed by atoms with Crippen molar-refractivity contribution < 1.29 is 19.5 Å². The molecule has 2 aromatic carbocycles. The highest BCUT2D eigenvalue weighted by atomic mass is 16.7. The summed E-state index contributed by atoms with van der Waals surface area (Å²) >= 11 is 0. The van der Waals surface area contributed by atoms with Crippen LogP contribution in [0.1, 0.15) is 70.2 Å². The van der Waals surface area contributed by atoms with Crippen LogP contribution < -0.4 is 20.7 Å². The van der Waals surface area contributed by atoms with E-state index in [0.717, 1.165) is 65.9 Å². The minimum Gasteiger partial charge on any atom is -0.496 e. The number of nitrogens with one attached hydrogen (secondary N) is 1. The molecule has 4 aliphatic rings. The highest BCUT2D eigenvalue weighted by molar-refractivity contribution is 5.83. The molecule has 3 aliphatic carbocycles. The lowest BCUT2D eigenvalue weighted by Gasteiger charge is -2.62. The van der Waals surface area contributed by atoms with Crippen molar-refractivity contribution in [3.05, 3.63) is 77.6 Å². The molecule has 7 rings (SSSR count). The van der Waals surface area contributed by atoms with Crippen molar-refractivity contribution in [2.75, 3.05) is 32.6 Å². The number of nitrogens with two attached hydrogens (primary N) is 1. The van der Waals surface area contributed by atoms with E-state index >= 15 is 0 Å². The Balaban J connectivity index is 1.24. The molecule has 1 aromatic heterocycles. The number of aliphatic hydroxyl groups excluding tert-OH is 1. The summed E-state index contributed by atoms with van der Waals surface area (Å²) in [6.45, 7) is 9.25. The number of aryl methyl sites for hydroxylation is 2. The van der Waals surface area contributed by atoms with E-state index in [-0.39, 0.29) is 18.5 Å². The molecule has 0 spiro atoms. The molecule has 4 fully saturated rings. The molecule has 276 valence electrons. The number of pyridine rings is 1. The maximum absolute atomic E-state index is 14.3. The first kappa shape index (κ1) is 37.3. The first-order valence-corrected chi connectivity index (χ1v) is 18.9. The smallest absolute Gasteiger partial charge is 0.240 e. The van der Waals surface area contributed by atoms with Gasteiger partial charge in [0.1, 0.15) is 11.8 Å². The van der Waals surface area contributed by atoms with Crippen LogP contribution in [0.4, 0.5) is 5.69 Å². The average molecular weight is 698 g/mol. The van der Waals surface area contributed by atoms with Crippen molar-refractivity contribution in [2.24, 2.45) is 34.8 Å². The van der Waals surface area contributed by atoms with Gasteiger partial charge in [-0.2, -0.15) is 5.06 Å². The zero-order valence-corrected chi connectivity index (χ0v) is 31.6. The van der Waals surface area contributed by atoms with Crippen molar-refractivity contribution >= 4 is 11.6 Å². The summed E-state index contributed by atoms with van der Waals surface area (Å²) in [4.78, 5) is 27.3. The van der Waals surface area contributed by atoms with Crippen molar-refractivity contribution in [2.45, 2.75) is 97.1 Å². The molecule has 51 heavy (non-hydrogen) atoms. The predicted molar refractivity (Wildman–Crippen MR) is 203 cm³/mol. The van der Waals surface area contributed by atoms with Crippen LogP contribution in [0, 0.1) is 29.1 Å². The van der Waals surface area contributed by atoms with Gasteiger partial charge in [-0.25, -0.2) is 0 Å². The minimum absolute atomic E-state index is 0.103. The van der Waals surface area contributed by atoms with Gasteiger partial charge in [-0.3, -0.25) is 14.6 Å². The second kappa shape index (κ2) is 15.6. The number of carbonyl (C=O) groups excluding carboxylic acids is 1. The summed E-state index contributed by atoms with van der Waals surface area (Å²) in [5, 5.41) is 16.1. The van der Waals surface area contributed by atoms with Gasteiger partial charge in [0.05, 0.1) is 25.9 Å². The lowest BCUT2D eigenvalue weighted by Crippen LogP contribution is -2.62. The molecule has 3 aromatic rings. The number of anilines is 1. The monoisotopic (exact) mass is 697 g/mol.